The monoisotopic (exact) mass is 421 g/mol. The van der Waals surface area contributed by atoms with Crippen molar-refractivity contribution in [3.05, 3.63) is 47.3 Å². The SMILES string of the molecule is CCC(C)(Pc1ccc(F)cc1CNC(C)(C)C)c1cc(OC)cc(OC)c1O. The highest BCUT2D eigenvalue weighted by Crippen LogP contribution is 2.51. The smallest absolute Gasteiger partial charge is 0.164 e. The molecule has 0 amide bonds. The molecule has 0 saturated heterocycles. The Kier molecular flexibility index (Phi) is 7.53. The van der Waals surface area contributed by atoms with E-state index in [9.17, 15) is 9.50 Å². The van der Waals surface area contributed by atoms with Crippen LogP contribution in [0.4, 0.5) is 4.39 Å². The molecule has 0 saturated carbocycles. The fourth-order valence-electron chi connectivity index (χ4n) is 3.11. The Bertz CT molecular complexity index is 851. The molecule has 0 radical (unpaired) electrons. The molecule has 2 N–H and O–H groups in total. The molecule has 6 heteroatoms. The second-order valence-electron chi connectivity index (χ2n) is 8.44. The topological polar surface area (TPSA) is 50.7 Å². The first-order chi connectivity index (χ1) is 13.5. The lowest BCUT2D eigenvalue weighted by Gasteiger charge is -2.32. The third kappa shape index (κ3) is 5.83. The third-order valence-corrected chi connectivity index (χ3v) is 7.02. The van der Waals surface area contributed by atoms with Crippen molar-refractivity contribution in [2.75, 3.05) is 14.2 Å². The van der Waals surface area contributed by atoms with Crippen molar-refractivity contribution < 1.29 is 19.0 Å². The minimum atomic E-state index is -0.361. The molecule has 0 heterocycles. The number of hydrogen-bond donors (Lipinski definition) is 2. The molecule has 0 spiro atoms. The van der Waals surface area contributed by atoms with E-state index in [0.717, 1.165) is 22.9 Å². The van der Waals surface area contributed by atoms with Crippen LogP contribution < -0.4 is 20.1 Å². The van der Waals surface area contributed by atoms with Gasteiger partial charge in [-0.05, 0) is 56.3 Å². The Balaban J connectivity index is 2.48. The van der Waals surface area contributed by atoms with E-state index in [1.54, 1.807) is 19.2 Å². The maximum absolute atomic E-state index is 14.0. The van der Waals surface area contributed by atoms with E-state index in [0.29, 0.717) is 26.6 Å². The molecule has 0 aliphatic rings. The second-order valence-corrected chi connectivity index (χ2v) is 10.3. The van der Waals surface area contributed by atoms with Gasteiger partial charge in [0.2, 0.25) is 0 Å². The van der Waals surface area contributed by atoms with Gasteiger partial charge in [0, 0.05) is 28.9 Å². The van der Waals surface area contributed by atoms with Gasteiger partial charge in [-0.3, -0.25) is 0 Å². The Hall–Kier alpha value is -1.84. The maximum atomic E-state index is 14.0. The van der Waals surface area contributed by atoms with Crippen molar-refractivity contribution in [1.82, 2.24) is 5.32 Å². The lowest BCUT2D eigenvalue weighted by atomic mass is 9.95. The molecular weight excluding hydrogens is 388 g/mol. The van der Waals surface area contributed by atoms with Crippen molar-refractivity contribution >= 4 is 13.9 Å². The molecule has 2 aromatic rings. The molecule has 29 heavy (non-hydrogen) atoms. The summed E-state index contributed by atoms with van der Waals surface area (Å²) < 4.78 is 24.7. The number of rotatable bonds is 8. The minimum Gasteiger partial charge on any atom is -0.504 e. The number of phenols is 1. The first kappa shape index (κ1) is 23.4. The summed E-state index contributed by atoms with van der Waals surface area (Å²) in [4.78, 5) is 0. The van der Waals surface area contributed by atoms with Crippen LogP contribution in [-0.2, 0) is 11.7 Å². The minimum absolute atomic E-state index is 0.0702. The van der Waals surface area contributed by atoms with Crippen LogP contribution in [0.15, 0.2) is 30.3 Å². The molecule has 2 rings (SSSR count). The molecular formula is C23H33FNO3P. The number of aromatic hydroxyl groups is 1. The normalized spacial score (nSPS) is 14.2. The Morgan fingerprint density at radius 2 is 1.76 bits per heavy atom. The molecule has 0 aliphatic heterocycles. The molecule has 0 aromatic heterocycles. The predicted molar refractivity (Wildman–Crippen MR) is 120 cm³/mol. The lowest BCUT2D eigenvalue weighted by molar-refractivity contribution is 0.357. The van der Waals surface area contributed by atoms with Crippen molar-refractivity contribution in [2.24, 2.45) is 0 Å². The highest BCUT2D eigenvalue weighted by atomic mass is 31.1. The van der Waals surface area contributed by atoms with Crippen LogP contribution in [0.5, 0.6) is 17.2 Å². The zero-order valence-corrected chi connectivity index (χ0v) is 19.4. The lowest BCUT2D eigenvalue weighted by Crippen LogP contribution is -2.36. The number of nitrogens with one attached hydrogen (secondary N) is 1. The van der Waals surface area contributed by atoms with Gasteiger partial charge in [-0.25, -0.2) is 4.39 Å². The Morgan fingerprint density at radius 3 is 2.31 bits per heavy atom. The first-order valence-electron chi connectivity index (χ1n) is 9.80. The zero-order chi connectivity index (χ0) is 21.8. The first-order valence-corrected chi connectivity index (χ1v) is 10.8. The molecule has 0 bridgehead atoms. The standard InChI is InChI=1S/C23H33FNO3P/c1-8-23(5,18-12-17(27-6)13-19(28-7)21(18)26)29-20-10-9-16(24)11-15(20)14-25-22(2,3)4/h9-13,25-26,29H,8,14H2,1-7H3. The summed E-state index contributed by atoms with van der Waals surface area (Å²) >= 11 is 0. The third-order valence-electron chi connectivity index (χ3n) is 5.09. The number of halogens is 1. The zero-order valence-electron chi connectivity index (χ0n) is 18.4. The summed E-state index contributed by atoms with van der Waals surface area (Å²) in [6.07, 6.45) is 0.791. The number of hydrogen-bond acceptors (Lipinski definition) is 4. The molecule has 4 nitrogen and oxygen atoms in total. The summed E-state index contributed by atoms with van der Waals surface area (Å²) in [5.74, 6) is 0.903. The Morgan fingerprint density at radius 1 is 1.07 bits per heavy atom. The largest absolute Gasteiger partial charge is 0.504 e. The van der Waals surface area contributed by atoms with Crippen LogP contribution in [-0.4, -0.2) is 24.9 Å². The van der Waals surface area contributed by atoms with Crippen molar-refractivity contribution in [3.63, 3.8) is 0 Å². The van der Waals surface area contributed by atoms with Crippen LogP contribution in [0, 0.1) is 5.82 Å². The fraction of sp³-hybridized carbons (Fsp3) is 0.478. The molecule has 2 atom stereocenters. The van der Waals surface area contributed by atoms with Crippen molar-refractivity contribution in [1.29, 1.82) is 0 Å². The number of methoxy groups -OCH3 is 2. The van der Waals surface area contributed by atoms with Crippen molar-refractivity contribution in [3.8, 4) is 17.2 Å². The number of benzene rings is 2. The van der Waals surface area contributed by atoms with Gasteiger partial charge in [-0.2, -0.15) is 0 Å². The maximum Gasteiger partial charge on any atom is 0.164 e. The van der Waals surface area contributed by atoms with Crippen LogP contribution in [0.3, 0.4) is 0 Å². The molecule has 0 fully saturated rings. The van der Waals surface area contributed by atoms with Crippen LogP contribution in [0.1, 0.15) is 52.2 Å². The van der Waals surface area contributed by atoms with Gasteiger partial charge in [-0.1, -0.05) is 28.5 Å². The predicted octanol–water partition coefficient (Wildman–Crippen LogP) is 5.07. The van der Waals surface area contributed by atoms with E-state index in [1.165, 1.54) is 13.2 Å². The van der Waals surface area contributed by atoms with Crippen LogP contribution >= 0.6 is 8.58 Å². The molecule has 2 aromatic carbocycles. The molecule has 0 aliphatic carbocycles. The van der Waals surface area contributed by atoms with E-state index in [1.807, 2.05) is 12.1 Å². The molecule has 2 unspecified atom stereocenters. The van der Waals surface area contributed by atoms with E-state index >= 15 is 0 Å². The average molecular weight is 421 g/mol. The van der Waals surface area contributed by atoms with Gasteiger partial charge < -0.3 is 19.9 Å². The highest BCUT2D eigenvalue weighted by molar-refractivity contribution is 7.48. The van der Waals surface area contributed by atoms with Crippen LogP contribution in [0.25, 0.3) is 0 Å². The van der Waals surface area contributed by atoms with E-state index in [4.69, 9.17) is 9.47 Å². The molecule has 160 valence electrons. The summed E-state index contributed by atoms with van der Waals surface area (Å²) in [5.41, 5.74) is 1.64. The summed E-state index contributed by atoms with van der Waals surface area (Å²) in [6, 6.07) is 8.50. The van der Waals surface area contributed by atoms with Gasteiger partial charge in [0.15, 0.2) is 11.5 Å². The van der Waals surface area contributed by atoms with Gasteiger partial charge in [-0.15, -0.1) is 0 Å². The van der Waals surface area contributed by atoms with Gasteiger partial charge in [0.25, 0.3) is 0 Å². The van der Waals surface area contributed by atoms with Gasteiger partial charge in [0.1, 0.15) is 11.6 Å². The van der Waals surface area contributed by atoms with Gasteiger partial charge >= 0.3 is 0 Å². The second kappa shape index (κ2) is 9.32. The number of phenolic OH excluding ortho intramolecular Hbond substituents is 1. The number of ether oxygens (including phenoxy) is 2. The summed E-state index contributed by atoms with van der Waals surface area (Å²) in [5, 5.41) is 15.0. The summed E-state index contributed by atoms with van der Waals surface area (Å²) in [6.45, 7) is 11.1. The van der Waals surface area contributed by atoms with Gasteiger partial charge in [0.05, 0.1) is 14.2 Å². The van der Waals surface area contributed by atoms with E-state index in [-0.39, 0.29) is 22.3 Å². The quantitative estimate of drug-likeness (QED) is 0.585. The average Bonchev–Trinajstić information content (AvgIpc) is 2.67. The van der Waals surface area contributed by atoms with Crippen molar-refractivity contribution in [2.45, 2.75) is 58.3 Å². The van der Waals surface area contributed by atoms with Crippen LogP contribution in [0.2, 0.25) is 0 Å². The highest BCUT2D eigenvalue weighted by Gasteiger charge is 2.31. The van der Waals surface area contributed by atoms with E-state index in [2.05, 4.69) is 39.9 Å². The fourth-order valence-corrected chi connectivity index (χ4v) is 4.70. The van der Waals surface area contributed by atoms with E-state index < -0.39 is 0 Å². The summed E-state index contributed by atoms with van der Waals surface area (Å²) in [7, 11) is 3.45. The Labute approximate surface area is 175 Å².